The van der Waals surface area contributed by atoms with Crippen LogP contribution in [0.25, 0.3) is 11.4 Å². The Morgan fingerprint density at radius 1 is 1.23 bits per heavy atom. The van der Waals surface area contributed by atoms with Crippen molar-refractivity contribution in [1.29, 1.82) is 0 Å². The second-order valence-electron chi connectivity index (χ2n) is 5.14. The largest absolute Gasteiger partial charge is 0.302 e. The molecule has 0 fully saturated rings. The third-order valence-electron chi connectivity index (χ3n) is 3.32. The highest BCUT2D eigenvalue weighted by Gasteiger charge is 2.16. The average molecular weight is 429 g/mol. The molecule has 2 heterocycles. The molecule has 0 saturated carbocycles. The number of rotatable bonds is 6. The quantitative estimate of drug-likeness (QED) is 0.593. The van der Waals surface area contributed by atoms with Crippen LogP contribution in [0.3, 0.4) is 0 Å². The molecule has 1 amide bonds. The Kier molecular flexibility index (Phi) is 6.13. The van der Waals surface area contributed by atoms with Gasteiger partial charge in [-0.1, -0.05) is 46.3 Å². The van der Waals surface area contributed by atoms with E-state index in [1.165, 1.54) is 23.1 Å². The lowest BCUT2D eigenvalue weighted by Gasteiger charge is -2.08. The summed E-state index contributed by atoms with van der Waals surface area (Å²) in [6.07, 6.45) is 0. The normalized spacial score (nSPS) is 10.9. The second kappa shape index (κ2) is 8.34. The topological polar surface area (TPSA) is 85.6 Å². The van der Waals surface area contributed by atoms with Gasteiger partial charge in [0.05, 0.1) is 15.8 Å². The summed E-state index contributed by atoms with van der Waals surface area (Å²) in [5.74, 6) is 0.694. The lowest BCUT2D eigenvalue weighted by Crippen LogP contribution is -2.14. The molecule has 1 N–H and O–H groups in total. The van der Waals surface area contributed by atoms with E-state index in [0.29, 0.717) is 32.7 Å². The number of hydrogen-bond acceptors (Lipinski definition) is 7. The first kappa shape index (κ1) is 19.1. The van der Waals surface area contributed by atoms with E-state index in [4.69, 9.17) is 23.2 Å². The van der Waals surface area contributed by atoms with Crippen molar-refractivity contribution in [3.8, 4) is 11.4 Å². The minimum atomic E-state index is -0.173. The van der Waals surface area contributed by atoms with E-state index in [2.05, 4.69) is 25.7 Å². The first-order valence-corrected chi connectivity index (χ1v) is 10.1. The van der Waals surface area contributed by atoms with Gasteiger partial charge >= 0.3 is 0 Å². The van der Waals surface area contributed by atoms with E-state index in [1.54, 1.807) is 12.1 Å². The Bertz CT molecular complexity index is 942. The maximum absolute atomic E-state index is 12.1. The van der Waals surface area contributed by atoms with E-state index < -0.39 is 0 Å². The fourth-order valence-corrected chi connectivity index (χ4v) is 3.87. The minimum absolute atomic E-state index is 0.173. The van der Waals surface area contributed by atoms with Crippen molar-refractivity contribution in [2.24, 2.45) is 0 Å². The third kappa shape index (κ3) is 4.35. The first-order valence-electron chi connectivity index (χ1n) is 7.59. The van der Waals surface area contributed by atoms with Crippen LogP contribution in [0.15, 0.2) is 23.4 Å². The zero-order valence-corrected chi connectivity index (χ0v) is 17.0. The summed E-state index contributed by atoms with van der Waals surface area (Å²) >= 11 is 14.7. The number of aryl methyl sites for hydroxylation is 1. The highest BCUT2D eigenvalue weighted by molar-refractivity contribution is 7.99. The number of nitrogens with zero attached hydrogens (tertiary/aromatic N) is 5. The number of anilines is 1. The van der Waals surface area contributed by atoms with Crippen LogP contribution in [0.5, 0.6) is 0 Å². The standard InChI is InChI=1S/C15H14Cl2N6OS2/c1-3-23-13(9-4-5-10(16)11(17)6-9)20-22-15(23)25-7-12(24)18-14-21-19-8(2)26-14/h4-6H,3,7H2,1-2H3,(H,18,21,24). The molecule has 7 nitrogen and oxygen atoms in total. The van der Waals surface area contributed by atoms with E-state index in [1.807, 2.05) is 24.5 Å². The van der Waals surface area contributed by atoms with Crippen LogP contribution in [0, 0.1) is 6.92 Å². The molecule has 0 atom stereocenters. The molecule has 0 spiro atoms. The molecule has 136 valence electrons. The smallest absolute Gasteiger partial charge is 0.236 e. The third-order valence-corrected chi connectivity index (χ3v) is 5.78. The van der Waals surface area contributed by atoms with Gasteiger partial charge in [0, 0.05) is 12.1 Å². The van der Waals surface area contributed by atoms with Gasteiger partial charge in [-0.15, -0.1) is 20.4 Å². The van der Waals surface area contributed by atoms with Gasteiger partial charge in [-0.3, -0.25) is 10.1 Å². The maximum atomic E-state index is 12.1. The maximum Gasteiger partial charge on any atom is 0.236 e. The van der Waals surface area contributed by atoms with Crippen LogP contribution in [0.4, 0.5) is 5.13 Å². The molecule has 0 unspecified atom stereocenters. The summed E-state index contributed by atoms with van der Waals surface area (Å²) in [4.78, 5) is 12.1. The average Bonchev–Trinajstić information content (AvgIpc) is 3.21. The van der Waals surface area contributed by atoms with Gasteiger partial charge in [0.25, 0.3) is 0 Å². The molecular formula is C15H14Cl2N6OS2. The van der Waals surface area contributed by atoms with Crippen molar-refractivity contribution in [3.05, 3.63) is 33.3 Å². The number of carbonyl (C=O) groups excluding carboxylic acids is 1. The molecule has 0 radical (unpaired) electrons. The molecular weight excluding hydrogens is 415 g/mol. The minimum Gasteiger partial charge on any atom is -0.302 e. The molecule has 1 aromatic carbocycles. The van der Waals surface area contributed by atoms with Gasteiger partial charge in [-0.05, 0) is 32.0 Å². The summed E-state index contributed by atoms with van der Waals surface area (Å²) in [5.41, 5.74) is 0.814. The van der Waals surface area contributed by atoms with Gasteiger partial charge < -0.3 is 4.57 Å². The first-order chi connectivity index (χ1) is 12.5. The zero-order chi connectivity index (χ0) is 18.7. The Hall–Kier alpha value is -1.68. The summed E-state index contributed by atoms with van der Waals surface area (Å²) in [5, 5.41) is 21.8. The van der Waals surface area contributed by atoms with Crippen LogP contribution in [-0.4, -0.2) is 36.6 Å². The molecule has 0 bridgehead atoms. The Balaban J connectivity index is 1.71. The number of aromatic nitrogens is 5. The number of hydrogen-bond donors (Lipinski definition) is 1. The number of halogens is 2. The van der Waals surface area contributed by atoms with Crippen LogP contribution in [-0.2, 0) is 11.3 Å². The summed E-state index contributed by atoms with van der Waals surface area (Å²) in [7, 11) is 0. The molecule has 0 saturated heterocycles. The van der Waals surface area contributed by atoms with Crippen molar-refractivity contribution in [2.75, 3.05) is 11.1 Å². The van der Waals surface area contributed by atoms with E-state index in [0.717, 1.165) is 10.6 Å². The van der Waals surface area contributed by atoms with Crippen LogP contribution >= 0.6 is 46.3 Å². The van der Waals surface area contributed by atoms with Crippen LogP contribution < -0.4 is 5.32 Å². The van der Waals surface area contributed by atoms with Gasteiger partial charge in [0.1, 0.15) is 5.01 Å². The van der Waals surface area contributed by atoms with Crippen molar-refractivity contribution in [3.63, 3.8) is 0 Å². The van der Waals surface area contributed by atoms with Gasteiger partial charge in [0.15, 0.2) is 11.0 Å². The number of amides is 1. The van der Waals surface area contributed by atoms with Crippen molar-refractivity contribution in [1.82, 2.24) is 25.0 Å². The fourth-order valence-electron chi connectivity index (χ4n) is 2.16. The van der Waals surface area contributed by atoms with Crippen LogP contribution in [0.2, 0.25) is 10.0 Å². The van der Waals surface area contributed by atoms with Gasteiger partial charge in [-0.25, -0.2) is 0 Å². The molecule has 11 heteroatoms. The molecule has 26 heavy (non-hydrogen) atoms. The molecule has 3 rings (SSSR count). The molecule has 0 aliphatic heterocycles. The second-order valence-corrected chi connectivity index (χ2v) is 8.08. The van der Waals surface area contributed by atoms with E-state index in [-0.39, 0.29) is 11.7 Å². The molecule has 0 aliphatic rings. The van der Waals surface area contributed by atoms with Crippen molar-refractivity contribution in [2.45, 2.75) is 25.5 Å². The summed E-state index contributed by atoms with van der Waals surface area (Å²) < 4.78 is 1.92. The fraction of sp³-hybridized carbons (Fsp3) is 0.267. The van der Waals surface area contributed by atoms with E-state index in [9.17, 15) is 4.79 Å². The molecule has 2 aromatic heterocycles. The highest BCUT2D eigenvalue weighted by Crippen LogP contribution is 2.29. The monoisotopic (exact) mass is 428 g/mol. The summed E-state index contributed by atoms with van der Waals surface area (Å²) in [6, 6.07) is 5.31. The number of carbonyl (C=O) groups is 1. The van der Waals surface area contributed by atoms with Crippen LogP contribution in [0.1, 0.15) is 11.9 Å². The Labute approximate surface area is 168 Å². The SMILES string of the molecule is CCn1c(SCC(=O)Nc2nnc(C)s2)nnc1-c1ccc(Cl)c(Cl)c1. The zero-order valence-electron chi connectivity index (χ0n) is 13.9. The van der Waals surface area contributed by atoms with Gasteiger partial charge in [0.2, 0.25) is 11.0 Å². The van der Waals surface area contributed by atoms with Gasteiger partial charge in [-0.2, -0.15) is 0 Å². The number of benzene rings is 1. The highest BCUT2D eigenvalue weighted by atomic mass is 35.5. The predicted molar refractivity (Wildman–Crippen MR) is 105 cm³/mol. The lowest BCUT2D eigenvalue weighted by molar-refractivity contribution is -0.113. The number of thioether (sulfide) groups is 1. The van der Waals surface area contributed by atoms with Crippen molar-refractivity contribution >= 4 is 57.3 Å². The lowest BCUT2D eigenvalue weighted by atomic mass is 10.2. The molecule has 3 aromatic rings. The molecule has 0 aliphatic carbocycles. The Morgan fingerprint density at radius 3 is 2.69 bits per heavy atom. The van der Waals surface area contributed by atoms with Crippen molar-refractivity contribution < 1.29 is 4.79 Å². The van der Waals surface area contributed by atoms with E-state index >= 15 is 0 Å². The Morgan fingerprint density at radius 2 is 2.04 bits per heavy atom. The number of nitrogens with one attached hydrogen (secondary N) is 1. The summed E-state index contributed by atoms with van der Waals surface area (Å²) in [6.45, 7) is 4.47. The predicted octanol–water partition coefficient (Wildman–Crippen LogP) is 4.16.